The van der Waals surface area contributed by atoms with Crippen LogP contribution >= 0.6 is 11.3 Å². The van der Waals surface area contributed by atoms with Crippen LogP contribution in [0.1, 0.15) is 46.4 Å². The van der Waals surface area contributed by atoms with E-state index in [1.54, 1.807) is 0 Å². The summed E-state index contributed by atoms with van der Waals surface area (Å²) in [5.41, 5.74) is 4.20. The molecule has 5 rings (SSSR count). The molecule has 1 N–H and O–H groups in total. The average molecular weight is 483 g/mol. The lowest BCUT2D eigenvalue weighted by atomic mass is 9.88. The van der Waals surface area contributed by atoms with Crippen molar-refractivity contribution in [2.45, 2.75) is 31.6 Å². The van der Waals surface area contributed by atoms with Gasteiger partial charge in [0.25, 0.3) is 0 Å². The molecule has 3 aromatic carbocycles. The van der Waals surface area contributed by atoms with Gasteiger partial charge in [-0.05, 0) is 35.7 Å². The lowest BCUT2D eigenvalue weighted by Gasteiger charge is -2.17. The summed E-state index contributed by atoms with van der Waals surface area (Å²) in [4.78, 5) is 27.5. The first-order valence-corrected chi connectivity index (χ1v) is 12.5. The van der Waals surface area contributed by atoms with E-state index in [-0.39, 0.29) is 23.7 Å². The molecule has 4 aromatic rings. The van der Waals surface area contributed by atoms with E-state index >= 15 is 0 Å². The smallest absolute Gasteiger partial charge is 0.227 e. The summed E-state index contributed by atoms with van der Waals surface area (Å²) in [5.74, 6) is -0.128. The molecule has 1 aliphatic rings. The van der Waals surface area contributed by atoms with Gasteiger partial charge in [0, 0.05) is 36.9 Å². The van der Waals surface area contributed by atoms with Crippen molar-refractivity contribution in [3.8, 4) is 0 Å². The maximum Gasteiger partial charge on any atom is 0.227 e. The number of carbonyl (C=O) groups excluding carboxylic acids is 2. The number of aryl methyl sites for hydroxylation is 1. The van der Waals surface area contributed by atoms with Crippen LogP contribution in [0.3, 0.4) is 0 Å². The van der Waals surface area contributed by atoms with Crippen LogP contribution in [-0.4, -0.2) is 28.6 Å². The van der Waals surface area contributed by atoms with Gasteiger partial charge in [0.15, 0.2) is 0 Å². The quantitative estimate of drug-likeness (QED) is 0.376. The van der Waals surface area contributed by atoms with E-state index in [0.29, 0.717) is 24.5 Å². The number of amides is 2. The van der Waals surface area contributed by atoms with Crippen LogP contribution in [0.4, 0.5) is 10.8 Å². The van der Waals surface area contributed by atoms with Gasteiger partial charge in [-0.2, -0.15) is 0 Å². The fourth-order valence-electron chi connectivity index (χ4n) is 4.52. The van der Waals surface area contributed by atoms with E-state index in [1.165, 1.54) is 11.3 Å². The Morgan fingerprint density at radius 1 is 1.00 bits per heavy atom. The van der Waals surface area contributed by atoms with Gasteiger partial charge in [0.1, 0.15) is 5.01 Å². The molecule has 6 nitrogen and oxygen atoms in total. The minimum Gasteiger partial charge on any atom is -0.312 e. The van der Waals surface area contributed by atoms with Gasteiger partial charge in [0.05, 0.1) is 0 Å². The number of nitrogens with zero attached hydrogens (tertiary/aromatic N) is 3. The zero-order valence-electron chi connectivity index (χ0n) is 19.4. The van der Waals surface area contributed by atoms with Crippen molar-refractivity contribution in [2.75, 3.05) is 16.8 Å². The highest BCUT2D eigenvalue weighted by Gasteiger charge is 2.34. The monoisotopic (exact) mass is 482 g/mol. The molecular weight excluding hydrogens is 456 g/mol. The topological polar surface area (TPSA) is 75.2 Å². The van der Waals surface area contributed by atoms with Crippen LogP contribution in [0.5, 0.6) is 0 Å². The molecule has 1 aliphatic heterocycles. The third kappa shape index (κ3) is 5.30. The number of rotatable bonds is 7. The fraction of sp³-hybridized carbons (Fsp3) is 0.214. The SMILES string of the molecule is Cc1cccc(N2CC(c3nnc(NC(=O)CC(c4ccccc4)c4ccccc4)s3)CC2=O)c1. The third-order valence-corrected chi connectivity index (χ3v) is 7.27. The fourth-order valence-corrected chi connectivity index (χ4v) is 5.37. The zero-order chi connectivity index (χ0) is 24.2. The molecule has 2 heterocycles. The lowest BCUT2D eigenvalue weighted by molar-refractivity contribution is -0.117. The normalized spacial score (nSPS) is 15.5. The maximum absolute atomic E-state index is 13.0. The van der Waals surface area contributed by atoms with Crippen LogP contribution < -0.4 is 10.2 Å². The van der Waals surface area contributed by atoms with Gasteiger partial charge < -0.3 is 10.2 Å². The second-order valence-corrected chi connectivity index (χ2v) is 9.83. The number of benzene rings is 3. The standard InChI is InChI=1S/C28H26N4O2S/c1-19-9-8-14-23(15-19)32-18-22(16-26(32)34)27-30-31-28(35-27)29-25(33)17-24(20-10-4-2-5-11-20)21-12-6-3-7-13-21/h2-15,22,24H,16-18H2,1H3,(H,29,31,33). The molecule has 35 heavy (non-hydrogen) atoms. The largest absolute Gasteiger partial charge is 0.312 e. The number of carbonyl (C=O) groups is 2. The van der Waals surface area contributed by atoms with Gasteiger partial charge in [-0.3, -0.25) is 9.59 Å². The number of hydrogen-bond donors (Lipinski definition) is 1. The number of hydrogen-bond acceptors (Lipinski definition) is 5. The van der Waals surface area contributed by atoms with Crippen LogP contribution in [0.15, 0.2) is 84.9 Å². The zero-order valence-corrected chi connectivity index (χ0v) is 20.2. The van der Waals surface area contributed by atoms with E-state index in [2.05, 4.69) is 15.5 Å². The van der Waals surface area contributed by atoms with Crippen molar-refractivity contribution in [3.63, 3.8) is 0 Å². The summed E-state index contributed by atoms with van der Waals surface area (Å²) in [6, 6.07) is 28.0. The molecule has 7 heteroatoms. The Labute approximate surface area is 208 Å². The highest BCUT2D eigenvalue weighted by atomic mass is 32.1. The van der Waals surface area contributed by atoms with Crippen molar-refractivity contribution in [1.82, 2.24) is 10.2 Å². The average Bonchev–Trinajstić information content (AvgIpc) is 3.50. The summed E-state index contributed by atoms with van der Waals surface area (Å²) in [6.07, 6.45) is 0.687. The van der Waals surface area contributed by atoms with Crippen LogP contribution in [-0.2, 0) is 9.59 Å². The van der Waals surface area contributed by atoms with E-state index < -0.39 is 0 Å². The van der Waals surface area contributed by atoms with Gasteiger partial charge in [-0.1, -0.05) is 84.1 Å². The minimum absolute atomic E-state index is 0.0347. The van der Waals surface area contributed by atoms with Gasteiger partial charge in [0.2, 0.25) is 16.9 Å². The van der Waals surface area contributed by atoms with Gasteiger partial charge in [-0.15, -0.1) is 10.2 Å². The number of nitrogens with one attached hydrogen (secondary N) is 1. The van der Waals surface area contributed by atoms with Crippen molar-refractivity contribution < 1.29 is 9.59 Å². The Hall–Kier alpha value is -3.84. The first kappa shape index (κ1) is 22.9. The third-order valence-electron chi connectivity index (χ3n) is 6.27. The van der Waals surface area contributed by atoms with E-state index in [9.17, 15) is 9.59 Å². The molecule has 0 saturated carbocycles. The van der Waals surface area contributed by atoms with Gasteiger partial charge >= 0.3 is 0 Å². The number of aromatic nitrogens is 2. The molecule has 1 fully saturated rings. The van der Waals surface area contributed by atoms with Crippen LogP contribution in [0.25, 0.3) is 0 Å². The predicted octanol–water partition coefficient (Wildman–Crippen LogP) is 5.53. The second-order valence-electron chi connectivity index (χ2n) is 8.82. The van der Waals surface area contributed by atoms with Crippen LogP contribution in [0.2, 0.25) is 0 Å². The molecule has 0 spiro atoms. The van der Waals surface area contributed by atoms with E-state index in [4.69, 9.17) is 0 Å². The Morgan fingerprint density at radius 2 is 1.69 bits per heavy atom. The van der Waals surface area contributed by atoms with E-state index in [1.807, 2.05) is 96.8 Å². The Morgan fingerprint density at radius 3 is 2.34 bits per heavy atom. The summed E-state index contributed by atoms with van der Waals surface area (Å²) in [7, 11) is 0. The predicted molar refractivity (Wildman–Crippen MR) is 139 cm³/mol. The Bertz CT molecular complexity index is 1280. The highest BCUT2D eigenvalue weighted by Crippen LogP contribution is 2.35. The Kier molecular flexibility index (Phi) is 6.68. The maximum atomic E-state index is 13.0. The summed E-state index contributed by atoms with van der Waals surface area (Å²) in [6.45, 7) is 2.58. The lowest BCUT2D eigenvalue weighted by Crippen LogP contribution is -2.24. The molecule has 1 atom stereocenters. The first-order chi connectivity index (χ1) is 17.1. The number of anilines is 2. The molecule has 0 radical (unpaired) electrons. The highest BCUT2D eigenvalue weighted by molar-refractivity contribution is 7.15. The molecule has 1 aromatic heterocycles. The van der Waals surface area contributed by atoms with Crippen molar-refractivity contribution in [1.29, 1.82) is 0 Å². The Balaban J connectivity index is 1.26. The first-order valence-electron chi connectivity index (χ1n) is 11.7. The molecule has 0 bridgehead atoms. The second kappa shape index (κ2) is 10.2. The van der Waals surface area contributed by atoms with Crippen molar-refractivity contribution in [3.05, 3.63) is 107 Å². The van der Waals surface area contributed by atoms with Crippen molar-refractivity contribution in [2.24, 2.45) is 0 Å². The molecule has 0 aliphatic carbocycles. The molecule has 1 unspecified atom stereocenters. The van der Waals surface area contributed by atoms with E-state index in [0.717, 1.165) is 27.4 Å². The van der Waals surface area contributed by atoms with Crippen LogP contribution in [0, 0.1) is 6.92 Å². The summed E-state index contributed by atoms with van der Waals surface area (Å²) >= 11 is 1.35. The molecule has 176 valence electrons. The molecule has 1 saturated heterocycles. The summed E-state index contributed by atoms with van der Waals surface area (Å²) in [5, 5.41) is 12.7. The summed E-state index contributed by atoms with van der Waals surface area (Å²) < 4.78 is 0. The molecular formula is C28H26N4O2S. The van der Waals surface area contributed by atoms with Crippen molar-refractivity contribution >= 4 is 34.0 Å². The minimum atomic E-state index is -0.116. The molecule has 2 amide bonds. The van der Waals surface area contributed by atoms with Gasteiger partial charge in [-0.25, -0.2) is 0 Å².